The second-order valence-corrected chi connectivity index (χ2v) is 6.84. The fourth-order valence-electron chi connectivity index (χ4n) is 2.77. The molecular weight excluding hydrogens is 318 g/mol. The summed E-state index contributed by atoms with van der Waals surface area (Å²) in [5.74, 6) is -0.366. The van der Waals surface area contributed by atoms with Gasteiger partial charge in [-0.3, -0.25) is 9.69 Å². The predicted molar refractivity (Wildman–Crippen MR) is 90.3 cm³/mol. The molecule has 0 aliphatic carbocycles. The number of nitrogens with zero attached hydrogens (tertiary/aromatic N) is 1. The number of piperazine rings is 1. The smallest absolute Gasteiger partial charge is 0.249 e. The maximum atomic E-state index is 11.2. The van der Waals surface area contributed by atoms with Gasteiger partial charge in [0, 0.05) is 47.5 Å². The highest BCUT2D eigenvalue weighted by Crippen LogP contribution is 2.27. The molecule has 0 saturated carbocycles. The Kier molecular flexibility index (Phi) is 4.78. The Morgan fingerprint density at radius 3 is 3.05 bits per heavy atom. The molecule has 1 aliphatic rings. The average molecular weight is 336 g/mol. The van der Waals surface area contributed by atoms with Crippen molar-refractivity contribution in [1.82, 2.24) is 10.2 Å². The van der Waals surface area contributed by atoms with E-state index in [0.29, 0.717) is 5.56 Å². The van der Waals surface area contributed by atoms with Gasteiger partial charge >= 0.3 is 0 Å². The van der Waals surface area contributed by atoms with Crippen molar-refractivity contribution in [1.29, 1.82) is 0 Å². The van der Waals surface area contributed by atoms with Gasteiger partial charge in [-0.2, -0.15) is 0 Å². The van der Waals surface area contributed by atoms with Crippen LogP contribution < -0.4 is 11.1 Å². The molecule has 22 heavy (non-hydrogen) atoms. The van der Waals surface area contributed by atoms with Gasteiger partial charge in [0.1, 0.15) is 0 Å². The molecule has 1 saturated heterocycles. The molecule has 0 spiro atoms. The van der Waals surface area contributed by atoms with E-state index in [4.69, 9.17) is 17.3 Å². The normalized spacial score (nSPS) is 19.2. The number of carbonyl (C=O) groups excluding carboxylic acids is 1. The van der Waals surface area contributed by atoms with Crippen LogP contribution in [-0.2, 0) is 6.54 Å². The highest BCUT2D eigenvalue weighted by Gasteiger charge is 2.24. The first-order valence-electron chi connectivity index (χ1n) is 7.21. The number of halogens is 1. The van der Waals surface area contributed by atoms with Crippen molar-refractivity contribution in [2.75, 3.05) is 19.6 Å². The molecule has 6 heteroatoms. The largest absolute Gasteiger partial charge is 0.366 e. The van der Waals surface area contributed by atoms with Gasteiger partial charge < -0.3 is 11.1 Å². The molecule has 1 aromatic carbocycles. The van der Waals surface area contributed by atoms with Gasteiger partial charge in [-0.05, 0) is 23.8 Å². The Labute approximate surface area is 138 Å². The third kappa shape index (κ3) is 3.50. The molecule has 3 rings (SSSR count). The summed E-state index contributed by atoms with van der Waals surface area (Å²) in [6.07, 6.45) is 0. The maximum absolute atomic E-state index is 11.2. The van der Waals surface area contributed by atoms with Crippen molar-refractivity contribution in [2.45, 2.75) is 12.6 Å². The predicted octanol–water partition coefficient (Wildman–Crippen LogP) is 2.65. The molecule has 116 valence electrons. The van der Waals surface area contributed by atoms with Crippen LogP contribution in [0.3, 0.4) is 0 Å². The number of benzene rings is 1. The quantitative estimate of drug-likeness (QED) is 0.903. The molecule has 4 nitrogen and oxygen atoms in total. The van der Waals surface area contributed by atoms with E-state index in [1.54, 1.807) is 11.3 Å². The van der Waals surface area contributed by atoms with E-state index in [9.17, 15) is 4.79 Å². The molecule has 1 atom stereocenters. The molecule has 0 radical (unpaired) electrons. The third-order valence-electron chi connectivity index (χ3n) is 3.88. The minimum Gasteiger partial charge on any atom is -0.366 e. The van der Waals surface area contributed by atoms with Crippen molar-refractivity contribution < 1.29 is 4.79 Å². The fourth-order valence-corrected chi connectivity index (χ4v) is 3.87. The minimum atomic E-state index is -0.366. The number of hydrogen-bond acceptors (Lipinski definition) is 4. The Morgan fingerprint density at radius 2 is 2.32 bits per heavy atom. The van der Waals surface area contributed by atoms with Crippen LogP contribution in [0.25, 0.3) is 0 Å². The molecule has 2 aromatic rings. The zero-order chi connectivity index (χ0) is 15.5. The van der Waals surface area contributed by atoms with Crippen molar-refractivity contribution in [3.8, 4) is 0 Å². The van der Waals surface area contributed by atoms with Gasteiger partial charge in [-0.15, -0.1) is 11.3 Å². The molecule has 3 N–H and O–H groups in total. The second kappa shape index (κ2) is 6.79. The van der Waals surface area contributed by atoms with E-state index in [1.807, 2.05) is 29.6 Å². The number of hydrogen-bond donors (Lipinski definition) is 2. The molecule has 1 aromatic heterocycles. The van der Waals surface area contributed by atoms with Crippen molar-refractivity contribution >= 4 is 28.8 Å². The summed E-state index contributed by atoms with van der Waals surface area (Å²) in [5, 5.41) is 6.02. The first-order valence-corrected chi connectivity index (χ1v) is 8.46. The molecule has 0 bridgehead atoms. The lowest BCUT2D eigenvalue weighted by molar-refractivity contribution is 0.100. The van der Waals surface area contributed by atoms with Gasteiger partial charge in [0.2, 0.25) is 5.91 Å². The Bertz CT molecular complexity index is 673. The van der Waals surface area contributed by atoms with E-state index in [1.165, 1.54) is 5.56 Å². The van der Waals surface area contributed by atoms with E-state index in [0.717, 1.165) is 36.1 Å². The van der Waals surface area contributed by atoms with E-state index < -0.39 is 0 Å². The monoisotopic (exact) mass is 335 g/mol. The molecule has 1 amide bonds. The SMILES string of the molecule is NC(=O)c1csc(CN2CCNCC2c2cccc(Cl)c2)c1. The summed E-state index contributed by atoms with van der Waals surface area (Å²) in [7, 11) is 0. The lowest BCUT2D eigenvalue weighted by atomic mass is 10.0. The van der Waals surface area contributed by atoms with Crippen molar-refractivity contribution in [2.24, 2.45) is 5.73 Å². The average Bonchev–Trinajstić information content (AvgIpc) is 2.97. The number of primary amides is 1. The zero-order valence-electron chi connectivity index (χ0n) is 12.1. The number of nitrogens with one attached hydrogen (secondary N) is 1. The number of amides is 1. The Balaban J connectivity index is 1.78. The maximum Gasteiger partial charge on any atom is 0.249 e. The highest BCUT2D eigenvalue weighted by atomic mass is 35.5. The topological polar surface area (TPSA) is 58.4 Å². The number of thiophene rings is 1. The third-order valence-corrected chi connectivity index (χ3v) is 5.04. The summed E-state index contributed by atoms with van der Waals surface area (Å²) in [4.78, 5) is 14.8. The second-order valence-electron chi connectivity index (χ2n) is 5.41. The van der Waals surface area contributed by atoms with Gasteiger partial charge in [0.25, 0.3) is 0 Å². The first kappa shape index (κ1) is 15.5. The summed E-state index contributed by atoms with van der Waals surface area (Å²) in [6.45, 7) is 3.64. The van der Waals surface area contributed by atoms with E-state index in [2.05, 4.69) is 16.3 Å². The van der Waals surface area contributed by atoms with Gasteiger partial charge in [0.15, 0.2) is 0 Å². The lowest BCUT2D eigenvalue weighted by Gasteiger charge is -2.36. The molecular formula is C16H18ClN3OS. The first-order chi connectivity index (χ1) is 10.6. The van der Waals surface area contributed by atoms with Crippen LogP contribution in [0.4, 0.5) is 0 Å². The molecule has 1 unspecified atom stereocenters. The van der Waals surface area contributed by atoms with Gasteiger partial charge in [0.05, 0.1) is 5.56 Å². The summed E-state index contributed by atoms with van der Waals surface area (Å²) in [6, 6.07) is 10.2. The summed E-state index contributed by atoms with van der Waals surface area (Å²) >= 11 is 7.70. The Morgan fingerprint density at radius 1 is 1.45 bits per heavy atom. The van der Waals surface area contributed by atoms with Crippen LogP contribution in [0.1, 0.15) is 26.8 Å². The van der Waals surface area contributed by atoms with Crippen LogP contribution in [0.15, 0.2) is 35.7 Å². The fraction of sp³-hybridized carbons (Fsp3) is 0.312. The molecule has 1 fully saturated rings. The van der Waals surface area contributed by atoms with Crippen LogP contribution in [0, 0.1) is 0 Å². The van der Waals surface area contributed by atoms with Crippen LogP contribution in [0.2, 0.25) is 5.02 Å². The molecule has 1 aliphatic heterocycles. The standard InChI is InChI=1S/C16H18ClN3OS/c17-13-3-1-2-11(6-13)15-8-19-4-5-20(15)9-14-7-12(10-22-14)16(18)21/h1-3,6-7,10,15,19H,4-5,8-9H2,(H2,18,21). The number of carbonyl (C=O) groups is 1. The number of nitrogens with two attached hydrogens (primary N) is 1. The van der Waals surface area contributed by atoms with Gasteiger partial charge in [-0.25, -0.2) is 0 Å². The van der Waals surface area contributed by atoms with Crippen molar-refractivity contribution in [3.63, 3.8) is 0 Å². The zero-order valence-corrected chi connectivity index (χ0v) is 13.7. The van der Waals surface area contributed by atoms with Gasteiger partial charge in [-0.1, -0.05) is 23.7 Å². The summed E-state index contributed by atoms with van der Waals surface area (Å²) in [5.41, 5.74) is 7.13. The highest BCUT2D eigenvalue weighted by molar-refractivity contribution is 7.10. The van der Waals surface area contributed by atoms with Crippen molar-refractivity contribution in [3.05, 3.63) is 56.7 Å². The Hall–Kier alpha value is -1.40. The lowest BCUT2D eigenvalue weighted by Crippen LogP contribution is -2.45. The van der Waals surface area contributed by atoms with Crippen LogP contribution >= 0.6 is 22.9 Å². The van der Waals surface area contributed by atoms with Crippen LogP contribution in [-0.4, -0.2) is 30.4 Å². The minimum absolute atomic E-state index is 0.284. The van der Waals surface area contributed by atoms with E-state index in [-0.39, 0.29) is 11.9 Å². The summed E-state index contributed by atoms with van der Waals surface area (Å²) < 4.78 is 0. The number of rotatable bonds is 4. The van der Waals surface area contributed by atoms with Crippen LogP contribution in [0.5, 0.6) is 0 Å². The van der Waals surface area contributed by atoms with E-state index >= 15 is 0 Å². The molecule has 2 heterocycles.